The molecule has 0 aromatic heterocycles. The fraction of sp³-hybridized carbons (Fsp3) is 0.500. The molecule has 1 rings (SSSR count). The van der Waals surface area contributed by atoms with Crippen molar-refractivity contribution in [3.05, 3.63) is 23.8 Å². The lowest BCUT2D eigenvalue weighted by molar-refractivity contribution is 0.208. The van der Waals surface area contributed by atoms with Crippen LogP contribution in [0.5, 0.6) is 5.75 Å². The Morgan fingerprint density at radius 1 is 1.32 bits per heavy atom. The van der Waals surface area contributed by atoms with Gasteiger partial charge in [-0.15, -0.1) is 0 Å². The summed E-state index contributed by atoms with van der Waals surface area (Å²) in [5, 5.41) is 8.50. The third-order valence-corrected chi connectivity index (χ3v) is 3.48. The van der Waals surface area contributed by atoms with Gasteiger partial charge in [0.2, 0.25) is 0 Å². The van der Waals surface area contributed by atoms with E-state index >= 15 is 0 Å². The van der Waals surface area contributed by atoms with Gasteiger partial charge in [-0.3, -0.25) is 4.99 Å². The van der Waals surface area contributed by atoms with Crippen molar-refractivity contribution in [2.45, 2.75) is 33.3 Å². The molecule has 0 bridgehead atoms. The molecule has 1 aromatic rings. The van der Waals surface area contributed by atoms with Crippen molar-refractivity contribution in [2.24, 2.45) is 21.6 Å². The quantitative estimate of drug-likeness (QED) is 0.275. The minimum Gasteiger partial charge on any atom is -0.491 e. The fourth-order valence-electron chi connectivity index (χ4n) is 2.27. The summed E-state index contributed by atoms with van der Waals surface area (Å²) in [4.78, 5) is 8.45. The Hall–Kier alpha value is -2.41. The molecule has 5 N–H and O–H groups in total. The molecule has 0 fully saturated rings. The van der Waals surface area contributed by atoms with Gasteiger partial charge in [0, 0.05) is 36.4 Å². The van der Waals surface area contributed by atoms with E-state index in [9.17, 15) is 0 Å². The summed E-state index contributed by atoms with van der Waals surface area (Å²) in [5.41, 5.74) is 13.1. The first kappa shape index (κ1) is 20.6. The summed E-state index contributed by atoms with van der Waals surface area (Å²) < 4.78 is 10.7. The molecule has 0 spiro atoms. The molecule has 0 aliphatic heterocycles. The van der Waals surface area contributed by atoms with E-state index in [0.29, 0.717) is 48.1 Å². The SMILES string of the molecule is COCCN=C(CC(C)C(=N)c1cc(OC(C)C)ccc1N)N=CN. The van der Waals surface area contributed by atoms with Gasteiger partial charge in [-0.2, -0.15) is 0 Å². The van der Waals surface area contributed by atoms with Crippen LogP contribution in [0.25, 0.3) is 0 Å². The van der Waals surface area contributed by atoms with Gasteiger partial charge in [0.15, 0.2) is 0 Å². The molecular formula is C18H29N5O2. The first-order chi connectivity index (χ1) is 11.9. The lowest BCUT2D eigenvalue weighted by Crippen LogP contribution is -2.18. The molecule has 1 atom stereocenters. The van der Waals surface area contributed by atoms with Crippen LogP contribution in [0.4, 0.5) is 5.69 Å². The Bertz CT molecular complexity index is 626. The predicted molar refractivity (Wildman–Crippen MR) is 104 cm³/mol. The van der Waals surface area contributed by atoms with Crippen LogP contribution in [0.2, 0.25) is 0 Å². The summed E-state index contributed by atoms with van der Waals surface area (Å²) in [6.45, 7) is 6.87. The molecule has 0 saturated carbocycles. The minimum absolute atomic E-state index is 0.0569. The van der Waals surface area contributed by atoms with Gasteiger partial charge in [-0.1, -0.05) is 6.92 Å². The first-order valence-corrected chi connectivity index (χ1v) is 8.30. The van der Waals surface area contributed by atoms with Crippen molar-refractivity contribution >= 4 is 23.6 Å². The van der Waals surface area contributed by atoms with Gasteiger partial charge in [0.1, 0.15) is 11.6 Å². The maximum Gasteiger partial charge on any atom is 0.125 e. The number of aliphatic imine (C=N–C) groups is 2. The normalized spacial score (nSPS) is 13.4. The van der Waals surface area contributed by atoms with E-state index in [1.54, 1.807) is 13.2 Å². The summed E-state index contributed by atoms with van der Waals surface area (Å²) in [6.07, 6.45) is 1.76. The van der Waals surface area contributed by atoms with Gasteiger partial charge >= 0.3 is 0 Å². The van der Waals surface area contributed by atoms with Crippen molar-refractivity contribution in [2.75, 3.05) is 26.0 Å². The molecule has 0 aliphatic carbocycles. The van der Waals surface area contributed by atoms with Crippen molar-refractivity contribution < 1.29 is 9.47 Å². The Morgan fingerprint density at radius 2 is 2.04 bits per heavy atom. The number of rotatable bonds is 9. The van der Waals surface area contributed by atoms with Gasteiger partial charge in [0.05, 0.1) is 25.6 Å². The van der Waals surface area contributed by atoms with Crippen LogP contribution in [0, 0.1) is 11.3 Å². The molecule has 0 amide bonds. The van der Waals surface area contributed by atoms with Crippen LogP contribution in [0.15, 0.2) is 28.2 Å². The van der Waals surface area contributed by atoms with Gasteiger partial charge < -0.3 is 26.4 Å². The second-order valence-electron chi connectivity index (χ2n) is 6.00. The van der Waals surface area contributed by atoms with Gasteiger partial charge in [-0.25, -0.2) is 4.99 Å². The number of nitrogens with zero attached hydrogens (tertiary/aromatic N) is 2. The highest BCUT2D eigenvalue weighted by Gasteiger charge is 2.17. The Labute approximate surface area is 149 Å². The highest BCUT2D eigenvalue weighted by atomic mass is 16.5. The second kappa shape index (κ2) is 10.5. The monoisotopic (exact) mass is 347 g/mol. The van der Waals surface area contributed by atoms with Crippen LogP contribution in [-0.2, 0) is 4.74 Å². The summed E-state index contributed by atoms with van der Waals surface area (Å²) in [6, 6.07) is 5.38. The molecule has 25 heavy (non-hydrogen) atoms. The molecule has 7 nitrogen and oxygen atoms in total. The zero-order valence-corrected chi connectivity index (χ0v) is 15.5. The van der Waals surface area contributed by atoms with E-state index in [-0.39, 0.29) is 12.0 Å². The lowest BCUT2D eigenvalue weighted by Gasteiger charge is -2.17. The highest BCUT2D eigenvalue weighted by Crippen LogP contribution is 2.24. The number of anilines is 1. The standard InChI is InChI=1S/C18H29N5O2/c1-12(2)25-14-5-6-16(20)15(10-14)18(21)13(3)9-17(23-11-19)22-7-8-24-4/h5-6,10-13,21H,7-9,20H2,1-4H3,(H2,19,22,23). The number of nitrogens with one attached hydrogen (secondary N) is 1. The number of hydrogen-bond donors (Lipinski definition) is 3. The Morgan fingerprint density at radius 3 is 2.64 bits per heavy atom. The lowest BCUT2D eigenvalue weighted by atomic mass is 9.94. The van der Waals surface area contributed by atoms with E-state index in [1.807, 2.05) is 32.9 Å². The number of amidine groups is 1. The molecule has 1 aromatic carbocycles. The summed E-state index contributed by atoms with van der Waals surface area (Å²) in [7, 11) is 1.62. The van der Waals surface area contributed by atoms with Crippen LogP contribution < -0.4 is 16.2 Å². The number of ether oxygens (including phenoxy) is 2. The topological polar surface area (TPSA) is 119 Å². The average Bonchev–Trinajstić information content (AvgIpc) is 2.55. The third-order valence-electron chi connectivity index (χ3n) is 3.48. The summed E-state index contributed by atoms with van der Waals surface area (Å²) in [5.74, 6) is 1.16. The number of nitrogens with two attached hydrogens (primary N) is 2. The van der Waals surface area contributed by atoms with Crippen molar-refractivity contribution in [3.63, 3.8) is 0 Å². The molecule has 0 saturated heterocycles. The maximum absolute atomic E-state index is 8.50. The molecular weight excluding hydrogens is 318 g/mol. The Kier molecular flexibility index (Phi) is 8.63. The van der Waals surface area contributed by atoms with E-state index in [2.05, 4.69) is 9.98 Å². The van der Waals surface area contributed by atoms with E-state index in [0.717, 1.165) is 0 Å². The molecule has 1 unspecified atom stereocenters. The average molecular weight is 347 g/mol. The molecule has 0 radical (unpaired) electrons. The molecule has 0 heterocycles. The maximum atomic E-state index is 8.50. The largest absolute Gasteiger partial charge is 0.491 e. The highest BCUT2D eigenvalue weighted by molar-refractivity contribution is 6.06. The van der Waals surface area contributed by atoms with Crippen LogP contribution in [0.1, 0.15) is 32.8 Å². The predicted octanol–water partition coefficient (Wildman–Crippen LogP) is 2.48. The third kappa shape index (κ3) is 6.93. The second-order valence-corrected chi connectivity index (χ2v) is 6.00. The molecule has 0 aliphatic rings. The molecule has 7 heteroatoms. The smallest absolute Gasteiger partial charge is 0.125 e. The number of methoxy groups -OCH3 is 1. The Balaban J connectivity index is 2.92. The first-order valence-electron chi connectivity index (χ1n) is 8.30. The number of hydrogen-bond acceptors (Lipinski definition) is 5. The van der Waals surface area contributed by atoms with Crippen molar-refractivity contribution in [1.29, 1.82) is 5.41 Å². The minimum atomic E-state index is -0.124. The number of benzene rings is 1. The van der Waals surface area contributed by atoms with Crippen LogP contribution in [0.3, 0.4) is 0 Å². The van der Waals surface area contributed by atoms with E-state index < -0.39 is 0 Å². The van der Waals surface area contributed by atoms with Crippen LogP contribution in [-0.4, -0.2) is 44.3 Å². The zero-order chi connectivity index (χ0) is 18.8. The summed E-state index contributed by atoms with van der Waals surface area (Å²) >= 11 is 0. The van der Waals surface area contributed by atoms with Crippen LogP contribution >= 0.6 is 0 Å². The zero-order valence-electron chi connectivity index (χ0n) is 15.5. The van der Waals surface area contributed by atoms with E-state index in [1.165, 1.54) is 6.34 Å². The van der Waals surface area contributed by atoms with Crippen molar-refractivity contribution in [3.8, 4) is 5.75 Å². The van der Waals surface area contributed by atoms with Crippen molar-refractivity contribution in [1.82, 2.24) is 0 Å². The van der Waals surface area contributed by atoms with Gasteiger partial charge in [0.25, 0.3) is 0 Å². The number of nitrogen functional groups attached to an aromatic ring is 1. The molecule has 138 valence electrons. The fourth-order valence-corrected chi connectivity index (χ4v) is 2.27. The van der Waals surface area contributed by atoms with E-state index in [4.69, 9.17) is 26.4 Å². The van der Waals surface area contributed by atoms with Gasteiger partial charge in [-0.05, 0) is 32.0 Å².